The number of hydrogen-bond donors (Lipinski definition) is 1. The second-order valence-electron chi connectivity index (χ2n) is 8.99. The number of hydrogen-bond acceptors (Lipinski definition) is 3. The zero-order valence-corrected chi connectivity index (χ0v) is 19.5. The summed E-state index contributed by atoms with van der Waals surface area (Å²) in [4.78, 5) is 27.9. The van der Waals surface area contributed by atoms with Gasteiger partial charge in [-0.25, -0.2) is 0 Å². The highest BCUT2D eigenvalue weighted by Crippen LogP contribution is 2.35. The minimum Gasteiger partial charge on any atom is -0.497 e. The van der Waals surface area contributed by atoms with Crippen LogP contribution in [0.15, 0.2) is 36.4 Å². The molecule has 0 fully saturated rings. The molecule has 2 amide bonds. The van der Waals surface area contributed by atoms with Crippen molar-refractivity contribution in [2.75, 3.05) is 17.3 Å². The van der Waals surface area contributed by atoms with Gasteiger partial charge in [0.25, 0.3) is 0 Å². The fourth-order valence-electron chi connectivity index (χ4n) is 4.34. The van der Waals surface area contributed by atoms with Gasteiger partial charge < -0.3 is 15.0 Å². The van der Waals surface area contributed by atoms with E-state index in [1.807, 2.05) is 43.3 Å². The van der Waals surface area contributed by atoms with E-state index in [1.54, 1.807) is 12.0 Å². The Hall–Kier alpha value is -2.82. The highest BCUT2D eigenvalue weighted by molar-refractivity contribution is 6.10. The molecule has 166 valence electrons. The third kappa shape index (κ3) is 4.92. The number of ether oxygens (including phenoxy) is 1. The molecule has 5 heteroatoms. The Labute approximate surface area is 185 Å². The van der Waals surface area contributed by atoms with Crippen LogP contribution in [0.5, 0.6) is 5.75 Å². The first-order chi connectivity index (χ1) is 14.7. The number of carbonyl (C=O) groups excluding carboxylic acids is 2. The van der Waals surface area contributed by atoms with Gasteiger partial charge in [-0.2, -0.15) is 0 Å². The third-order valence-corrected chi connectivity index (χ3v) is 6.04. The van der Waals surface area contributed by atoms with Crippen LogP contribution in [0.1, 0.15) is 76.0 Å². The Balaban J connectivity index is 1.82. The molecule has 2 aromatic carbocycles. The molecule has 2 aromatic rings. The van der Waals surface area contributed by atoms with E-state index < -0.39 is 0 Å². The summed E-state index contributed by atoms with van der Waals surface area (Å²) in [5.41, 5.74) is 5.00. The first-order valence-electron chi connectivity index (χ1n) is 11.1. The van der Waals surface area contributed by atoms with Crippen molar-refractivity contribution in [2.24, 2.45) is 0 Å². The van der Waals surface area contributed by atoms with Gasteiger partial charge in [0.2, 0.25) is 11.8 Å². The fraction of sp³-hybridized carbons (Fsp3) is 0.462. The monoisotopic (exact) mass is 422 g/mol. The molecule has 31 heavy (non-hydrogen) atoms. The topological polar surface area (TPSA) is 58.6 Å². The first-order valence-corrected chi connectivity index (χ1v) is 11.1. The van der Waals surface area contributed by atoms with Crippen LogP contribution in [0, 0.1) is 0 Å². The molecular weight excluding hydrogens is 388 g/mol. The number of nitrogens with zero attached hydrogens (tertiary/aromatic N) is 1. The molecule has 1 N–H and O–H groups in total. The lowest BCUT2D eigenvalue weighted by molar-refractivity contribution is -0.125. The molecule has 0 aliphatic carbocycles. The van der Waals surface area contributed by atoms with Gasteiger partial charge in [0, 0.05) is 17.4 Å². The number of methoxy groups -OCH3 is 1. The van der Waals surface area contributed by atoms with Gasteiger partial charge in [-0.15, -0.1) is 0 Å². The number of nitrogens with one attached hydrogen (secondary N) is 1. The van der Waals surface area contributed by atoms with Gasteiger partial charge in [0.15, 0.2) is 0 Å². The standard InChI is InChI=1S/C26H34N2O3/c1-16(2)21-8-7-9-22(17(3)4)26(21)27-24(29)15-25(30)28-18(5)10-11-19-14-20(31-6)12-13-23(19)28/h7-9,12-14,16-18H,10-11,15H2,1-6H3,(H,27,29). The lowest BCUT2D eigenvalue weighted by atomic mass is 9.92. The minimum absolute atomic E-state index is 0.0513. The number of benzene rings is 2. The second-order valence-corrected chi connectivity index (χ2v) is 8.99. The van der Waals surface area contributed by atoms with Crippen LogP contribution >= 0.6 is 0 Å². The SMILES string of the molecule is COc1ccc2c(c1)CCC(C)N2C(=O)CC(=O)Nc1c(C(C)C)cccc1C(C)C. The summed E-state index contributed by atoms with van der Waals surface area (Å²) in [5, 5.41) is 3.06. The molecule has 0 saturated carbocycles. The number of amides is 2. The molecule has 3 rings (SSSR count). The minimum atomic E-state index is -0.271. The van der Waals surface area contributed by atoms with Crippen LogP contribution in [0.2, 0.25) is 0 Å². The van der Waals surface area contributed by atoms with Crippen LogP contribution in [0.3, 0.4) is 0 Å². The molecular formula is C26H34N2O3. The van der Waals surface area contributed by atoms with Crippen molar-refractivity contribution in [3.8, 4) is 5.75 Å². The molecule has 0 saturated heterocycles. The summed E-state index contributed by atoms with van der Waals surface area (Å²) in [7, 11) is 1.64. The molecule has 1 aliphatic rings. The number of aryl methyl sites for hydroxylation is 1. The van der Waals surface area contributed by atoms with E-state index in [-0.39, 0.29) is 36.1 Å². The first kappa shape index (κ1) is 22.9. The number of anilines is 2. The lowest BCUT2D eigenvalue weighted by Gasteiger charge is -2.35. The Morgan fingerprint density at radius 1 is 1.10 bits per heavy atom. The Bertz CT molecular complexity index is 939. The highest BCUT2D eigenvalue weighted by atomic mass is 16.5. The van der Waals surface area contributed by atoms with E-state index in [0.717, 1.165) is 46.7 Å². The van der Waals surface area contributed by atoms with Crippen molar-refractivity contribution in [3.63, 3.8) is 0 Å². The molecule has 1 aliphatic heterocycles. The fourth-order valence-corrected chi connectivity index (χ4v) is 4.34. The Morgan fingerprint density at radius 2 is 1.74 bits per heavy atom. The number of rotatable bonds is 6. The molecule has 0 radical (unpaired) electrons. The van der Waals surface area contributed by atoms with Crippen molar-refractivity contribution in [1.82, 2.24) is 0 Å². The summed E-state index contributed by atoms with van der Waals surface area (Å²) >= 11 is 0. The summed E-state index contributed by atoms with van der Waals surface area (Å²) in [6.45, 7) is 10.5. The molecule has 0 aromatic heterocycles. The highest BCUT2D eigenvalue weighted by Gasteiger charge is 2.30. The van der Waals surface area contributed by atoms with Crippen molar-refractivity contribution >= 4 is 23.2 Å². The summed E-state index contributed by atoms with van der Waals surface area (Å²) in [6, 6.07) is 11.9. The normalized spacial score (nSPS) is 15.7. The van der Waals surface area contributed by atoms with Crippen LogP contribution in [-0.2, 0) is 16.0 Å². The molecule has 5 nitrogen and oxygen atoms in total. The predicted octanol–water partition coefficient (Wildman–Crippen LogP) is 5.64. The summed E-state index contributed by atoms with van der Waals surface area (Å²) < 4.78 is 5.33. The maximum Gasteiger partial charge on any atom is 0.236 e. The van der Waals surface area contributed by atoms with Crippen molar-refractivity contribution in [2.45, 2.75) is 71.8 Å². The van der Waals surface area contributed by atoms with Crippen molar-refractivity contribution in [3.05, 3.63) is 53.1 Å². The average molecular weight is 423 g/mol. The largest absolute Gasteiger partial charge is 0.497 e. The van der Waals surface area contributed by atoms with Crippen LogP contribution in [0.25, 0.3) is 0 Å². The maximum atomic E-state index is 13.2. The molecule has 1 heterocycles. The van der Waals surface area contributed by atoms with Crippen LogP contribution < -0.4 is 15.0 Å². The molecule has 1 unspecified atom stereocenters. The van der Waals surface area contributed by atoms with E-state index in [9.17, 15) is 9.59 Å². The second kappa shape index (κ2) is 9.54. The third-order valence-electron chi connectivity index (χ3n) is 6.04. The van der Waals surface area contributed by atoms with Gasteiger partial charge in [-0.1, -0.05) is 45.9 Å². The van der Waals surface area contributed by atoms with E-state index in [0.29, 0.717) is 0 Å². The summed E-state index contributed by atoms with van der Waals surface area (Å²) in [6.07, 6.45) is 1.57. The predicted molar refractivity (Wildman–Crippen MR) is 126 cm³/mol. The molecule has 0 spiro atoms. The Kier molecular flexibility index (Phi) is 7.04. The van der Waals surface area contributed by atoms with E-state index in [2.05, 4.69) is 33.0 Å². The van der Waals surface area contributed by atoms with E-state index in [4.69, 9.17) is 4.74 Å². The smallest absolute Gasteiger partial charge is 0.236 e. The quantitative estimate of drug-likeness (QED) is 0.613. The lowest BCUT2D eigenvalue weighted by Crippen LogP contribution is -2.43. The van der Waals surface area contributed by atoms with Crippen LogP contribution in [-0.4, -0.2) is 25.0 Å². The van der Waals surface area contributed by atoms with Crippen LogP contribution in [0.4, 0.5) is 11.4 Å². The number of carbonyl (C=O) groups is 2. The van der Waals surface area contributed by atoms with E-state index >= 15 is 0 Å². The summed E-state index contributed by atoms with van der Waals surface area (Å²) in [5.74, 6) is 0.879. The van der Waals surface area contributed by atoms with E-state index in [1.165, 1.54) is 0 Å². The number of para-hydroxylation sites is 1. The van der Waals surface area contributed by atoms with Gasteiger partial charge in [0.1, 0.15) is 12.2 Å². The van der Waals surface area contributed by atoms with Crippen molar-refractivity contribution in [1.29, 1.82) is 0 Å². The zero-order valence-electron chi connectivity index (χ0n) is 19.5. The average Bonchev–Trinajstić information content (AvgIpc) is 2.72. The van der Waals surface area contributed by atoms with Crippen molar-refractivity contribution < 1.29 is 14.3 Å². The Morgan fingerprint density at radius 3 is 2.32 bits per heavy atom. The van der Waals surface area contributed by atoms with Gasteiger partial charge >= 0.3 is 0 Å². The van der Waals surface area contributed by atoms with Gasteiger partial charge in [0.05, 0.1) is 7.11 Å². The van der Waals surface area contributed by atoms with Gasteiger partial charge in [-0.05, 0) is 66.5 Å². The van der Waals surface area contributed by atoms with Gasteiger partial charge in [-0.3, -0.25) is 9.59 Å². The molecule has 0 bridgehead atoms. The molecule has 1 atom stereocenters. The maximum absolute atomic E-state index is 13.2. The zero-order chi connectivity index (χ0) is 22.7. The number of fused-ring (bicyclic) bond motifs is 1.